The number of unbranched alkanes of at least 4 members (excludes halogenated alkanes) is 60. The van der Waals surface area contributed by atoms with E-state index in [0.717, 1.165) is 44.9 Å². The number of phosphoric acid groups is 1. The van der Waals surface area contributed by atoms with Crippen molar-refractivity contribution in [2.45, 2.75) is 457 Å². The van der Waals surface area contributed by atoms with E-state index in [4.69, 9.17) is 24.3 Å². The Labute approximate surface area is 591 Å². The number of hydrogen-bond donors (Lipinski definition) is 2. The van der Waals surface area contributed by atoms with Gasteiger partial charge in [-0.1, -0.05) is 409 Å². The summed E-state index contributed by atoms with van der Waals surface area (Å²) in [5.41, 5.74) is 5.42. The first-order chi connectivity index (χ1) is 46.8. The predicted molar refractivity (Wildman–Crippen MR) is 413 cm³/mol. The van der Waals surface area contributed by atoms with E-state index in [2.05, 4.69) is 62.5 Å². The molecule has 0 aromatic rings. The van der Waals surface area contributed by atoms with Crippen molar-refractivity contribution in [2.24, 2.45) is 5.73 Å². The summed E-state index contributed by atoms with van der Waals surface area (Å²) in [5, 5.41) is 0. The quantitative estimate of drug-likeness (QED) is 0.0264. The molecule has 0 aromatic heterocycles. The topological polar surface area (TPSA) is 134 Å². The minimum absolute atomic E-state index is 0.0564. The predicted octanol–water partition coefficient (Wildman–Crippen LogP) is 28.3. The van der Waals surface area contributed by atoms with E-state index in [1.54, 1.807) is 0 Å². The summed E-state index contributed by atoms with van der Waals surface area (Å²) in [5.74, 6) is -0.800. The SMILES string of the molecule is CCCCCCC/C=C\C/C=C\C/C=C\CCCCCCCCCCCCCCCCCCCCCCCCCCCCC(=O)OC(COC(=O)CCCCCCCCCCCCCCCCCCCCCCC/C=C\CCCCCCCCCC)COP(=O)(O)OCCN. The highest BCUT2D eigenvalue weighted by molar-refractivity contribution is 7.47. The molecule has 0 heterocycles. The highest BCUT2D eigenvalue weighted by Crippen LogP contribution is 2.43. The maximum absolute atomic E-state index is 12.8. The molecule has 95 heavy (non-hydrogen) atoms. The van der Waals surface area contributed by atoms with Gasteiger partial charge < -0.3 is 20.1 Å². The van der Waals surface area contributed by atoms with Crippen LogP contribution in [0.1, 0.15) is 450 Å². The van der Waals surface area contributed by atoms with Gasteiger partial charge in [-0.25, -0.2) is 4.57 Å². The molecular formula is C85H162NO8P. The van der Waals surface area contributed by atoms with E-state index in [1.807, 2.05) is 0 Å². The van der Waals surface area contributed by atoms with Gasteiger partial charge in [-0.15, -0.1) is 0 Å². The number of nitrogens with two attached hydrogens (primary N) is 1. The number of ether oxygens (including phenoxy) is 2. The molecular weight excluding hydrogens is 1190 g/mol. The normalized spacial score (nSPS) is 13.0. The first-order valence-corrected chi connectivity index (χ1v) is 43.6. The summed E-state index contributed by atoms with van der Waals surface area (Å²) in [4.78, 5) is 35.5. The molecule has 2 atom stereocenters. The third kappa shape index (κ3) is 80.8. The lowest BCUT2D eigenvalue weighted by atomic mass is 10.0. The molecule has 0 aliphatic heterocycles. The van der Waals surface area contributed by atoms with Crippen LogP contribution in [-0.2, 0) is 32.7 Å². The maximum Gasteiger partial charge on any atom is 0.472 e. The van der Waals surface area contributed by atoms with Crippen molar-refractivity contribution in [3.05, 3.63) is 48.6 Å². The number of carbonyl (C=O) groups excluding carboxylic acids is 2. The van der Waals surface area contributed by atoms with Crippen molar-refractivity contribution in [2.75, 3.05) is 26.4 Å². The fourth-order valence-corrected chi connectivity index (χ4v) is 13.7. The largest absolute Gasteiger partial charge is 0.472 e. The molecule has 10 heteroatoms. The average Bonchev–Trinajstić information content (AvgIpc) is 2.75. The summed E-state index contributed by atoms with van der Waals surface area (Å²) in [6, 6.07) is 0. The lowest BCUT2D eigenvalue weighted by molar-refractivity contribution is -0.161. The van der Waals surface area contributed by atoms with Gasteiger partial charge in [-0.05, 0) is 77.0 Å². The number of esters is 2. The summed E-state index contributed by atoms with van der Waals surface area (Å²) in [6.07, 6.45) is 106. The minimum atomic E-state index is -4.39. The molecule has 0 aliphatic rings. The Morgan fingerprint density at radius 3 is 0.821 bits per heavy atom. The van der Waals surface area contributed by atoms with Gasteiger partial charge in [0, 0.05) is 19.4 Å². The average molecular weight is 1360 g/mol. The molecule has 3 N–H and O–H groups in total. The summed E-state index contributed by atoms with van der Waals surface area (Å²) in [6.45, 7) is 3.82. The second-order valence-electron chi connectivity index (χ2n) is 28.7. The molecule has 0 rings (SSSR count). The van der Waals surface area contributed by atoms with Crippen molar-refractivity contribution < 1.29 is 37.6 Å². The van der Waals surface area contributed by atoms with E-state index in [-0.39, 0.29) is 38.6 Å². The van der Waals surface area contributed by atoms with Gasteiger partial charge in [0.05, 0.1) is 13.2 Å². The second-order valence-corrected chi connectivity index (χ2v) is 30.2. The van der Waals surface area contributed by atoms with Gasteiger partial charge >= 0.3 is 19.8 Å². The fourth-order valence-electron chi connectivity index (χ4n) is 12.9. The number of hydrogen-bond acceptors (Lipinski definition) is 8. The Kier molecular flexibility index (Phi) is 79.2. The lowest BCUT2D eigenvalue weighted by Crippen LogP contribution is -2.29. The third-order valence-electron chi connectivity index (χ3n) is 19.2. The van der Waals surface area contributed by atoms with Crippen molar-refractivity contribution >= 4 is 19.8 Å². The molecule has 0 radical (unpaired) electrons. The summed E-state index contributed by atoms with van der Waals surface area (Å²) < 4.78 is 33.3. The third-order valence-corrected chi connectivity index (χ3v) is 20.2. The molecule has 0 aromatic carbocycles. The molecule has 0 saturated carbocycles. The molecule has 9 nitrogen and oxygen atoms in total. The fraction of sp³-hybridized carbons (Fsp3) is 0.882. The van der Waals surface area contributed by atoms with Crippen LogP contribution in [0.15, 0.2) is 48.6 Å². The van der Waals surface area contributed by atoms with Gasteiger partial charge in [0.15, 0.2) is 6.10 Å². The van der Waals surface area contributed by atoms with Gasteiger partial charge in [0.25, 0.3) is 0 Å². The van der Waals surface area contributed by atoms with Crippen molar-refractivity contribution in [3.8, 4) is 0 Å². The Hall–Kier alpha value is -2.03. The summed E-state index contributed by atoms with van der Waals surface area (Å²) >= 11 is 0. The van der Waals surface area contributed by atoms with E-state index >= 15 is 0 Å². The first-order valence-electron chi connectivity index (χ1n) is 42.1. The monoisotopic (exact) mass is 1360 g/mol. The highest BCUT2D eigenvalue weighted by atomic mass is 31.2. The van der Waals surface area contributed by atoms with E-state index in [0.29, 0.717) is 6.42 Å². The Morgan fingerprint density at radius 2 is 0.547 bits per heavy atom. The highest BCUT2D eigenvalue weighted by Gasteiger charge is 2.26. The summed E-state index contributed by atoms with van der Waals surface area (Å²) in [7, 11) is -4.39. The molecule has 0 saturated heterocycles. The number of allylic oxidation sites excluding steroid dienone is 8. The zero-order valence-electron chi connectivity index (χ0n) is 63.4. The Bertz CT molecular complexity index is 1700. The van der Waals surface area contributed by atoms with Crippen LogP contribution in [0.2, 0.25) is 0 Å². The van der Waals surface area contributed by atoms with E-state index in [1.165, 1.54) is 372 Å². The molecule has 0 amide bonds. The molecule has 0 bridgehead atoms. The van der Waals surface area contributed by atoms with Gasteiger partial charge in [-0.2, -0.15) is 0 Å². The number of carbonyl (C=O) groups is 2. The Morgan fingerprint density at radius 1 is 0.316 bits per heavy atom. The lowest BCUT2D eigenvalue weighted by Gasteiger charge is -2.19. The van der Waals surface area contributed by atoms with Gasteiger partial charge in [0.1, 0.15) is 6.61 Å². The van der Waals surface area contributed by atoms with Crippen LogP contribution in [0, 0.1) is 0 Å². The van der Waals surface area contributed by atoms with Crippen LogP contribution in [0.5, 0.6) is 0 Å². The Balaban J connectivity index is 3.72. The first kappa shape index (κ1) is 93.0. The molecule has 0 aliphatic carbocycles. The number of phosphoric ester groups is 1. The van der Waals surface area contributed by atoms with Crippen LogP contribution >= 0.6 is 7.82 Å². The van der Waals surface area contributed by atoms with Crippen molar-refractivity contribution in [1.29, 1.82) is 0 Å². The smallest absolute Gasteiger partial charge is 0.462 e. The van der Waals surface area contributed by atoms with Crippen LogP contribution < -0.4 is 5.73 Å². The molecule has 0 fully saturated rings. The minimum Gasteiger partial charge on any atom is -0.462 e. The van der Waals surface area contributed by atoms with Crippen molar-refractivity contribution in [1.82, 2.24) is 0 Å². The number of rotatable bonds is 81. The van der Waals surface area contributed by atoms with Gasteiger partial charge in [0.2, 0.25) is 0 Å². The second kappa shape index (κ2) is 80.9. The van der Waals surface area contributed by atoms with Crippen LogP contribution in [0.3, 0.4) is 0 Å². The van der Waals surface area contributed by atoms with Crippen LogP contribution in [0.4, 0.5) is 0 Å². The molecule has 560 valence electrons. The zero-order chi connectivity index (χ0) is 68.6. The van der Waals surface area contributed by atoms with Crippen molar-refractivity contribution in [3.63, 3.8) is 0 Å². The maximum atomic E-state index is 12.8. The molecule has 0 spiro atoms. The van der Waals surface area contributed by atoms with E-state index < -0.39 is 26.5 Å². The molecule has 2 unspecified atom stereocenters. The zero-order valence-corrected chi connectivity index (χ0v) is 64.3. The van der Waals surface area contributed by atoms with Crippen LogP contribution in [0.25, 0.3) is 0 Å². The van der Waals surface area contributed by atoms with Gasteiger partial charge in [-0.3, -0.25) is 18.6 Å². The standard InChI is InChI=1S/C85H162NO8P/c1-3-5-7-9-11-13-15-17-19-21-23-25-27-29-31-33-35-37-38-39-40-41-42-43-44-46-48-50-52-54-56-58-60-62-64-66-68-70-72-74-76-78-85(88)94-83(82-93-95(89,90)92-80-79-86)81-91-84(87)77-75-73-71-69-67-65-63-61-59-57-55-53-51-49-47-45-36-34-32-30-28-26-24-22-20-18-16-14-12-10-8-6-4-2/h15,17,21-24,27,29,83H,3-14,16,18-20,25-26,28,30-82,86H2,1-2H3,(H,89,90)/b17-15-,23-21-,24-22-,29-27-. The van der Waals surface area contributed by atoms with Crippen LogP contribution in [-0.4, -0.2) is 49.3 Å². The van der Waals surface area contributed by atoms with E-state index in [9.17, 15) is 19.0 Å².